The Labute approximate surface area is 129 Å². The van der Waals surface area contributed by atoms with Gasteiger partial charge in [-0.25, -0.2) is 0 Å². The third kappa shape index (κ3) is 6.53. The number of hydrogen-bond donors (Lipinski definition) is 1. The van der Waals surface area contributed by atoms with Crippen molar-refractivity contribution in [3.8, 4) is 5.75 Å². The van der Waals surface area contributed by atoms with Crippen molar-refractivity contribution in [1.29, 1.82) is 0 Å². The smallest absolute Gasteiger partial charge is 0.306 e. The highest BCUT2D eigenvalue weighted by molar-refractivity contribution is 8.00. The summed E-state index contributed by atoms with van der Waals surface area (Å²) in [5.41, 5.74) is 1.01. The number of carbonyl (C=O) groups is 2. The standard InChI is InChI=1S/C15H21NO4S/c1-11(21-9-8-14(17)20-3)15(18)16-10-12-4-6-13(19-2)7-5-12/h4-7,11H,8-10H2,1-3H3,(H,16,18)/t11-/m1/s1. The van der Waals surface area contributed by atoms with E-state index in [1.165, 1.54) is 18.9 Å². The van der Waals surface area contributed by atoms with E-state index in [1.54, 1.807) is 7.11 Å². The maximum absolute atomic E-state index is 11.9. The fourth-order valence-corrected chi connectivity index (χ4v) is 2.45. The largest absolute Gasteiger partial charge is 0.497 e. The molecule has 0 radical (unpaired) electrons. The van der Waals surface area contributed by atoms with Crippen LogP contribution in [-0.4, -0.2) is 37.1 Å². The van der Waals surface area contributed by atoms with Crippen LogP contribution in [0.5, 0.6) is 5.75 Å². The van der Waals surface area contributed by atoms with Crippen molar-refractivity contribution in [2.24, 2.45) is 0 Å². The summed E-state index contributed by atoms with van der Waals surface area (Å²) >= 11 is 1.44. The third-order valence-corrected chi connectivity index (χ3v) is 4.05. The monoisotopic (exact) mass is 311 g/mol. The first-order valence-corrected chi connectivity index (χ1v) is 7.70. The van der Waals surface area contributed by atoms with Crippen molar-refractivity contribution in [1.82, 2.24) is 5.32 Å². The quantitative estimate of drug-likeness (QED) is 0.744. The molecule has 0 spiro atoms. The van der Waals surface area contributed by atoms with E-state index in [0.29, 0.717) is 18.7 Å². The average molecular weight is 311 g/mol. The molecule has 0 unspecified atom stereocenters. The van der Waals surface area contributed by atoms with E-state index in [-0.39, 0.29) is 17.1 Å². The van der Waals surface area contributed by atoms with Gasteiger partial charge in [-0.2, -0.15) is 0 Å². The molecular weight excluding hydrogens is 290 g/mol. The fourth-order valence-electron chi connectivity index (χ4n) is 1.57. The Balaban J connectivity index is 2.29. The molecule has 1 N–H and O–H groups in total. The van der Waals surface area contributed by atoms with Crippen molar-refractivity contribution in [2.45, 2.75) is 25.1 Å². The van der Waals surface area contributed by atoms with Crippen LogP contribution in [0.4, 0.5) is 0 Å². The molecular formula is C15H21NO4S. The molecule has 1 aromatic carbocycles. The van der Waals surface area contributed by atoms with E-state index in [2.05, 4.69) is 10.1 Å². The molecule has 6 heteroatoms. The molecule has 0 aliphatic rings. The SMILES string of the molecule is COC(=O)CCS[C@H](C)C(=O)NCc1ccc(OC)cc1. The van der Waals surface area contributed by atoms with Crippen molar-refractivity contribution < 1.29 is 19.1 Å². The van der Waals surface area contributed by atoms with Crippen LogP contribution in [0.1, 0.15) is 18.9 Å². The molecule has 116 valence electrons. The lowest BCUT2D eigenvalue weighted by molar-refractivity contribution is -0.140. The average Bonchev–Trinajstić information content (AvgIpc) is 2.52. The fraction of sp³-hybridized carbons (Fsp3) is 0.467. The lowest BCUT2D eigenvalue weighted by atomic mass is 10.2. The van der Waals surface area contributed by atoms with Crippen molar-refractivity contribution in [2.75, 3.05) is 20.0 Å². The van der Waals surface area contributed by atoms with Gasteiger partial charge in [0.05, 0.1) is 25.9 Å². The topological polar surface area (TPSA) is 64.6 Å². The van der Waals surface area contributed by atoms with Crippen LogP contribution in [0.15, 0.2) is 24.3 Å². The molecule has 21 heavy (non-hydrogen) atoms. The molecule has 0 bridgehead atoms. The van der Waals surface area contributed by atoms with Crippen LogP contribution < -0.4 is 10.1 Å². The maximum atomic E-state index is 11.9. The number of amides is 1. The van der Waals surface area contributed by atoms with E-state index in [9.17, 15) is 9.59 Å². The molecule has 0 aliphatic carbocycles. The van der Waals surface area contributed by atoms with Crippen LogP contribution in [0, 0.1) is 0 Å². The van der Waals surface area contributed by atoms with Crippen LogP contribution in [0.3, 0.4) is 0 Å². The summed E-state index contributed by atoms with van der Waals surface area (Å²) in [5.74, 6) is 1.06. The van der Waals surface area contributed by atoms with Gasteiger partial charge in [-0.3, -0.25) is 9.59 Å². The van der Waals surface area contributed by atoms with Crippen molar-refractivity contribution in [3.63, 3.8) is 0 Å². The molecule has 1 rings (SSSR count). The Morgan fingerprint density at radius 3 is 2.48 bits per heavy atom. The van der Waals surface area contributed by atoms with Gasteiger partial charge in [-0.1, -0.05) is 12.1 Å². The maximum Gasteiger partial charge on any atom is 0.306 e. The van der Waals surface area contributed by atoms with Gasteiger partial charge in [-0.05, 0) is 24.6 Å². The van der Waals surface area contributed by atoms with Crippen LogP contribution in [-0.2, 0) is 20.9 Å². The number of nitrogens with one attached hydrogen (secondary N) is 1. The Hall–Kier alpha value is -1.69. The molecule has 0 heterocycles. The summed E-state index contributed by atoms with van der Waals surface area (Å²) < 4.78 is 9.63. The van der Waals surface area contributed by atoms with E-state index >= 15 is 0 Å². The van der Waals surface area contributed by atoms with Gasteiger partial charge < -0.3 is 14.8 Å². The van der Waals surface area contributed by atoms with Gasteiger partial charge >= 0.3 is 5.97 Å². The first-order valence-electron chi connectivity index (χ1n) is 6.66. The lowest BCUT2D eigenvalue weighted by Crippen LogP contribution is -2.30. The van der Waals surface area contributed by atoms with Gasteiger partial charge in [-0.15, -0.1) is 11.8 Å². The predicted octanol–water partition coefficient (Wildman–Crippen LogP) is 2.00. The van der Waals surface area contributed by atoms with Crippen LogP contribution in [0.2, 0.25) is 0 Å². The Morgan fingerprint density at radius 2 is 1.90 bits per heavy atom. The van der Waals surface area contributed by atoms with Crippen LogP contribution in [0.25, 0.3) is 0 Å². The molecule has 1 atom stereocenters. The van der Waals surface area contributed by atoms with E-state index < -0.39 is 0 Å². The summed E-state index contributed by atoms with van der Waals surface area (Å²) in [6.07, 6.45) is 0.317. The number of hydrogen-bond acceptors (Lipinski definition) is 5. The second-order valence-electron chi connectivity index (χ2n) is 4.41. The minimum atomic E-state index is -0.256. The highest BCUT2D eigenvalue weighted by Gasteiger charge is 2.13. The molecule has 0 saturated carbocycles. The van der Waals surface area contributed by atoms with Gasteiger partial charge in [0.1, 0.15) is 5.75 Å². The van der Waals surface area contributed by atoms with Crippen molar-refractivity contribution >= 4 is 23.6 Å². The zero-order valence-corrected chi connectivity index (χ0v) is 13.4. The normalized spacial score (nSPS) is 11.6. The molecule has 0 saturated heterocycles. The second kappa shape index (κ2) is 9.28. The molecule has 0 aliphatic heterocycles. The summed E-state index contributed by atoms with van der Waals surface area (Å²) in [4.78, 5) is 22.9. The first-order chi connectivity index (χ1) is 10.1. The van der Waals surface area contributed by atoms with E-state index in [0.717, 1.165) is 11.3 Å². The first kappa shape index (κ1) is 17.4. The van der Waals surface area contributed by atoms with E-state index in [1.807, 2.05) is 31.2 Å². The van der Waals surface area contributed by atoms with Crippen LogP contribution >= 0.6 is 11.8 Å². The number of carbonyl (C=O) groups excluding carboxylic acids is 2. The van der Waals surface area contributed by atoms with Gasteiger partial charge in [0.2, 0.25) is 5.91 Å². The molecule has 0 fully saturated rings. The molecule has 0 aromatic heterocycles. The van der Waals surface area contributed by atoms with Gasteiger partial charge in [0, 0.05) is 12.3 Å². The minimum Gasteiger partial charge on any atom is -0.497 e. The summed E-state index contributed by atoms with van der Waals surface area (Å²) in [6, 6.07) is 7.54. The lowest BCUT2D eigenvalue weighted by Gasteiger charge is -2.12. The zero-order valence-electron chi connectivity index (χ0n) is 12.5. The Kier molecular flexibility index (Phi) is 7.68. The summed E-state index contributed by atoms with van der Waals surface area (Å²) in [5, 5.41) is 2.67. The summed E-state index contributed by atoms with van der Waals surface area (Å²) in [7, 11) is 2.97. The second-order valence-corrected chi connectivity index (χ2v) is 5.85. The minimum absolute atomic E-state index is 0.0410. The van der Waals surface area contributed by atoms with E-state index in [4.69, 9.17) is 4.74 Å². The van der Waals surface area contributed by atoms with Gasteiger partial charge in [0.15, 0.2) is 0 Å². The zero-order chi connectivity index (χ0) is 15.7. The number of benzene rings is 1. The van der Waals surface area contributed by atoms with Crippen molar-refractivity contribution in [3.05, 3.63) is 29.8 Å². The Morgan fingerprint density at radius 1 is 1.24 bits per heavy atom. The number of esters is 1. The predicted molar refractivity (Wildman–Crippen MR) is 83.4 cm³/mol. The number of ether oxygens (including phenoxy) is 2. The van der Waals surface area contributed by atoms with Gasteiger partial charge in [0.25, 0.3) is 0 Å². The molecule has 1 amide bonds. The number of rotatable bonds is 8. The Bertz CT molecular complexity index is 461. The number of methoxy groups -OCH3 is 2. The highest BCUT2D eigenvalue weighted by Crippen LogP contribution is 2.13. The third-order valence-electron chi connectivity index (χ3n) is 2.90. The summed E-state index contributed by atoms with van der Waals surface area (Å²) in [6.45, 7) is 2.30. The number of thioether (sulfide) groups is 1. The molecule has 1 aromatic rings. The highest BCUT2D eigenvalue weighted by atomic mass is 32.2. The molecule has 5 nitrogen and oxygen atoms in total.